The summed E-state index contributed by atoms with van der Waals surface area (Å²) >= 11 is 0. The number of ether oxygens (including phenoxy) is 1. The van der Waals surface area contributed by atoms with Crippen molar-refractivity contribution < 1.29 is 4.74 Å². The molecule has 11 heavy (non-hydrogen) atoms. The maximum Gasteiger partial charge on any atom is 0.0753 e. The molecule has 2 N–H and O–H groups in total. The molecule has 1 atom stereocenters. The predicted octanol–water partition coefficient (Wildman–Crippen LogP) is 0.0543. The van der Waals surface area contributed by atoms with E-state index in [-0.39, 0.29) is 5.60 Å². The molecule has 0 bridgehead atoms. The van der Waals surface area contributed by atoms with Gasteiger partial charge in [0.25, 0.3) is 0 Å². The lowest BCUT2D eigenvalue weighted by molar-refractivity contribution is -0.104. The average molecular weight is 158 g/mol. The fourth-order valence-corrected chi connectivity index (χ4v) is 1.47. The number of likely N-dealkylation sites (N-methyl/N-ethyl adjacent to an activating group) is 1. The van der Waals surface area contributed by atoms with Crippen LogP contribution in [-0.4, -0.2) is 43.3 Å². The van der Waals surface area contributed by atoms with Gasteiger partial charge in [-0.2, -0.15) is 0 Å². The molecule has 66 valence electrons. The zero-order valence-electron chi connectivity index (χ0n) is 7.63. The molecule has 0 saturated carbocycles. The molecule has 1 aliphatic heterocycles. The van der Waals surface area contributed by atoms with E-state index in [1.807, 2.05) is 0 Å². The molecule has 0 unspecified atom stereocenters. The molecule has 0 aliphatic carbocycles. The van der Waals surface area contributed by atoms with Crippen LogP contribution in [0.5, 0.6) is 0 Å². The largest absolute Gasteiger partial charge is 0.373 e. The number of nitrogens with zero attached hydrogens (tertiary/aromatic N) is 1. The third-order valence-corrected chi connectivity index (χ3v) is 2.19. The van der Waals surface area contributed by atoms with E-state index < -0.39 is 0 Å². The van der Waals surface area contributed by atoms with E-state index in [1.165, 1.54) is 0 Å². The van der Waals surface area contributed by atoms with Gasteiger partial charge in [-0.1, -0.05) is 0 Å². The van der Waals surface area contributed by atoms with Crippen molar-refractivity contribution in [2.24, 2.45) is 5.73 Å². The van der Waals surface area contributed by atoms with Crippen molar-refractivity contribution in [2.45, 2.75) is 25.5 Å². The summed E-state index contributed by atoms with van der Waals surface area (Å²) in [5, 5.41) is 0. The van der Waals surface area contributed by atoms with Crippen molar-refractivity contribution in [3.8, 4) is 0 Å². The van der Waals surface area contributed by atoms with Gasteiger partial charge in [0.1, 0.15) is 0 Å². The van der Waals surface area contributed by atoms with Gasteiger partial charge in [0.2, 0.25) is 0 Å². The Labute approximate surface area is 68.5 Å². The first-order valence-corrected chi connectivity index (χ1v) is 4.09. The standard InChI is InChI=1S/C8H18N2O/c1-8(2)6-10(3)7(4-9)5-11-8/h7H,4-6,9H2,1-3H3/t7-/m1/s1. The summed E-state index contributed by atoms with van der Waals surface area (Å²) in [5.41, 5.74) is 5.56. The quantitative estimate of drug-likeness (QED) is 0.586. The SMILES string of the molecule is CN1CC(C)(C)OC[C@H]1CN. The van der Waals surface area contributed by atoms with E-state index in [9.17, 15) is 0 Å². The zero-order chi connectivity index (χ0) is 8.48. The summed E-state index contributed by atoms with van der Waals surface area (Å²) in [4.78, 5) is 2.27. The molecule has 3 heteroatoms. The lowest BCUT2D eigenvalue weighted by Crippen LogP contribution is -2.54. The monoisotopic (exact) mass is 158 g/mol. The van der Waals surface area contributed by atoms with Crippen LogP contribution in [0.3, 0.4) is 0 Å². The van der Waals surface area contributed by atoms with Gasteiger partial charge < -0.3 is 10.5 Å². The summed E-state index contributed by atoms with van der Waals surface area (Å²) in [6.45, 7) is 6.63. The Balaban J connectivity index is 2.48. The van der Waals surface area contributed by atoms with Crippen LogP contribution in [0.1, 0.15) is 13.8 Å². The highest BCUT2D eigenvalue weighted by Gasteiger charge is 2.30. The van der Waals surface area contributed by atoms with Crippen LogP contribution >= 0.6 is 0 Å². The van der Waals surface area contributed by atoms with Crippen LogP contribution in [0.25, 0.3) is 0 Å². The minimum Gasteiger partial charge on any atom is -0.373 e. The van der Waals surface area contributed by atoms with E-state index in [4.69, 9.17) is 10.5 Å². The Hall–Kier alpha value is -0.120. The van der Waals surface area contributed by atoms with Gasteiger partial charge in [-0.3, -0.25) is 4.90 Å². The molecular weight excluding hydrogens is 140 g/mol. The van der Waals surface area contributed by atoms with E-state index in [0.29, 0.717) is 12.6 Å². The smallest absolute Gasteiger partial charge is 0.0753 e. The average Bonchev–Trinajstić information content (AvgIpc) is 1.86. The Morgan fingerprint density at radius 2 is 2.27 bits per heavy atom. The van der Waals surface area contributed by atoms with Crippen LogP contribution in [0, 0.1) is 0 Å². The van der Waals surface area contributed by atoms with Crippen LogP contribution in [0.4, 0.5) is 0 Å². The second kappa shape index (κ2) is 3.09. The molecule has 3 nitrogen and oxygen atoms in total. The minimum absolute atomic E-state index is 0.000417. The summed E-state index contributed by atoms with van der Waals surface area (Å²) < 4.78 is 5.62. The molecule has 0 spiro atoms. The Morgan fingerprint density at radius 3 is 2.73 bits per heavy atom. The van der Waals surface area contributed by atoms with Crippen LogP contribution < -0.4 is 5.73 Å². The topological polar surface area (TPSA) is 38.5 Å². The lowest BCUT2D eigenvalue weighted by Gasteiger charge is -2.41. The van der Waals surface area contributed by atoms with Gasteiger partial charge >= 0.3 is 0 Å². The molecule has 0 aromatic rings. The van der Waals surface area contributed by atoms with Gasteiger partial charge in [-0.15, -0.1) is 0 Å². The lowest BCUT2D eigenvalue weighted by atomic mass is 10.1. The first kappa shape index (κ1) is 8.97. The van der Waals surface area contributed by atoms with Crippen molar-refractivity contribution in [1.29, 1.82) is 0 Å². The number of morpholine rings is 1. The number of nitrogens with two attached hydrogens (primary N) is 1. The number of hydrogen-bond donors (Lipinski definition) is 1. The highest BCUT2D eigenvalue weighted by molar-refractivity contribution is 4.83. The fourth-order valence-electron chi connectivity index (χ4n) is 1.47. The van der Waals surface area contributed by atoms with E-state index in [1.54, 1.807) is 0 Å². The van der Waals surface area contributed by atoms with Gasteiger partial charge in [0, 0.05) is 19.1 Å². The van der Waals surface area contributed by atoms with E-state index in [0.717, 1.165) is 13.2 Å². The van der Waals surface area contributed by atoms with Crippen molar-refractivity contribution in [3.63, 3.8) is 0 Å². The number of hydrogen-bond acceptors (Lipinski definition) is 3. The van der Waals surface area contributed by atoms with Crippen LogP contribution in [0.2, 0.25) is 0 Å². The number of rotatable bonds is 1. The minimum atomic E-state index is 0.000417. The normalized spacial score (nSPS) is 32.2. The molecule has 1 aliphatic rings. The third kappa shape index (κ3) is 2.15. The molecule has 1 rings (SSSR count). The molecule has 1 heterocycles. The van der Waals surface area contributed by atoms with E-state index >= 15 is 0 Å². The second-order valence-electron chi connectivity index (χ2n) is 3.88. The maximum atomic E-state index is 5.62. The molecule has 0 radical (unpaired) electrons. The second-order valence-corrected chi connectivity index (χ2v) is 3.88. The first-order valence-electron chi connectivity index (χ1n) is 4.09. The fraction of sp³-hybridized carbons (Fsp3) is 1.00. The van der Waals surface area contributed by atoms with Crippen molar-refractivity contribution in [2.75, 3.05) is 26.7 Å². The maximum absolute atomic E-state index is 5.62. The van der Waals surface area contributed by atoms with Gasteiger partial charge in [0.15, 0.2) is 0 Å². The molecule has 0 aromatic carbocycles. The predicted molar refractivity (Wildman–Crippen MR) is 45.5 cm³/mol. The summed E-state index contributed by atoms with van der Waals surface area (Å²) in [6.07, 6.45) is 0. The summed E-state index contributed by atoms with van der Waals surface area (Å²) in [5.74, 6) is 0. The third-order valence-electron chi connectivity index (χ3n) is 2.19. The highest BCUT2D eigenvalue weighted by atomic mass is 16.5. The Bertz CT molecular complexity index is 136. The summed E-state index contributed by atoms with van der Waals surface area (Å²) in [7, 11) is 2.10. The zero-order valence-corrected chi connectivity index (χ0v) is 7.63. The van der Waals surface area contributed by atoms with Gasteiger partial charge in [-0.05, 0) is 20.9 Å². The van der Waals surface area contributed by atoms with Crippen LogP contribution in [0.15, 0.2) is 0 Å². The highest BCUT2D eigenvalue weighted by Crippen LogP contribution is 2.18. The molecule has 0 amide bonds. The molecule has 1 fully saturated rings. The molecule has 1 saturated heterocycles. The van der Waals surface area contributed by atoms with E-state index in [2.05, 4.69) is 25.8 Å². The van der Waals surface area contributed by atoms with Crippen molar-refractivity contribution in [1.82, 2.24) is 4.90 Å². The van der Waals surface area contributed by atoms with Gasteiger partial charge in [-0.25, -0.2) is 0 Å². The first-order chi connectivity index (χ1) is 5.05. The Kier molecular flexibility index (Phi) is 2.52. The molecule has 0 aromatic heterocycles. The van der Waals surface area contributed by atoms with Crippen LogP contribution in [-0.2, 0) is 4.74 Å². The Morgan fingerprint density at radius 1 is 1.64 bits per heavy atom. The summed E-state index contributed by atoms with van der Waals surface area (Å²) in [6, 6.07) is 0.406. The van der Waals surface area contributed by atoms with Crippen molar-refractivity contribution in [3.05, 3.63) is 0 Å². The van der Waals surface area contributed by atoms with Gasteiger partial charge in [0.05, 0.1) is 12.2 Å². The molecular formula is C8H18N2O. The van der Waals surface area contributed by atoms with Crippen molar-refractivity contribution >= 4 is 0 Å².